The Kier molecular flexibility index (Phi) is 4.66. The van der Waals surface area contributed by atoms with E-state index in [2.05, 4.69) is 18.9 Å². The first-order chi connectivity index (χ1) is 7.24. The number of H-pyrrole nitrogens is 1. The van der Waals surface area contributed by atoms with Crippen LogP contribution in [0.2, 0.25) is 0 Å². The van der Waals surface area contributed by atoms with Crippen LogP contribution in [0, 0.1) is 0 Å². The molecule has 86 valence electrons. The predicted octanol–water partition coefficient (Wildman–Crippen LogP) is 2.49. The van der Waals surface area contributed by atoms with E-state index in [1.165, 1.54) is 6.42 Å². The Bertz CT molecular complexity index is 349. The van der Waals surface area contributed by atoms with Gasteiger partial charge in [0.05, 0.1) is 0 Å². The summed E-state index contributed by atoms with van der Waals surface area (Å²) in [7, 11) is 0. The molecule has 0 bridgehead atoms. The second-order valence-electron chi connectivity index (χ2n) is 3.97. The van der Waals surface area contributed by atoms with Crippen molar-refractivity contribution in [1.82, 2.24) is 9.78 Å². The lowest BCUT2D eigenvalue weighted by atomic mass is 10.1. The lowest BCUT2D eigenvalue weighted by Crippen LogP contribution is -2.17. The normalized spacial score (nSPS) is 10.9. The molecule has 0 aliphatic heterocycles. The van der Waals surface area contributed by atoms with E-state index in [0.29, 0.717) is 0 Å². The van der Waals surface area contributed by atoms with Gasteiger partial charge in [-0.25, -0.2) is 0 Å². The summed E-state index contributed by atoms with van der Waals surface area (Å²) >= 11 is 0. The van der Waals surface area contributed by atoms with Gasteiger partial charge in [-0.3, -0.25) is 14.6 Å². The maximum atomic E-state index is 11.9. The molecule has 0 saturated heterocycles. The minimum atomic E-state index is 0.186. The van der Waals surface area contributed by atoms with Crippen molar-refractivity contribution in [3.05, 3.63) is 21.6 Å². The molecule has 0 spiro atoms. The van der Waals surface area contributed by atoms with Gasteiger partial charge in [-0.2, -0.15) is 0 Å². The van der Waals surface area contributed by atoms with Crippen molar-refractivity contribution in [2.45, 2.75) is 59.4 Å². The van der Waals surface area contributed by atoms with Gasteiger partial charge in [0.2, 0.25) is 0 Å². The van der Waals surface area contributed by atoms with Crippen molar-refractivity contribution in [3.63, 3.8) is 0 Å². The van der Waals surface area contributed by atoms with E-state index in [0.717, 1.165) is 43.5 Å². The van der Waals surface area contributed by atoms with Crippen LogP contribution < -0.4 is 5.56 Å². The quantitative estimate of drug-likeness (QED) is 0.769. The Hall–Kier alpha value is -0.990. The summed E-state index contributed by atoms with van der Waals surface area (Å²) in [6, 6.07) is 0. The standard InChI is InChI=1S/C12H22N2O/c1-4-7-9-11-10(8-5-2)12(15)14(6-3)13-11/h13H,4-9H2,1-3H3. The average molecular weight is 210 g/mol. The molecule has 1 heterocycles. The minimum absolute atomic E-state index is 0.186. The zero-order valence-electron chi connectivity index (χ0n) is 10.1. The summed E-state index contributed by atoms with van der Waals surface area (Å²) in [5.41, 5.74) is 2.35. The highest BCUT2D eigenvalue weighted by Gasteiger charge is 2.11. The molecule has 1 aromatic rings. The van der Waals surface area contributed by atoms with Crippen molar-refractivity contribution in [3.8, 4) is 0 Å². The monoisotopic (exact) mass is 210 g/mol. The Labute approximate surface area is 91.5 Å². The number of hydrogen-bond acceptors (Lipinski definition) is 1. The third-order valence-corrected chi connectivity index (χ3v) is 2.73. The number of unbranched alkanes of at least 4 members (excludes halogenated alkanes) is 1. The molecule has 0 unspecified atom stereocenters. The van der Waals surface area contributed by atoms with Crippen LogP contribution in [-0.2, 0) is 19.4 Å². The molecule has 1 aromatic heterocycles. The molecule has 0 fully saturated rings. The van der Waals surface area contributed by atoms with Crippen LogP contribution in [0.3, 0.4) is 0 Å². The lowest BCUT2D eigenvalue weighted by Gasteiger charge is -1.99. The molecule has 0 saturated carbocycles. The fraction of sp³-hybridized carbons (Fsp3) is 0.750. The van der Waals surface area contributed by atoms with Crippen molar-refractivity contribution in [1.29, 1.82) is 0 Å². The second kappa shape index (κ2) is 5.79. The third-order valence-electron chi connectivity index (χ3n) is 2.73. The van der Waals surface area contributed by atoms with Gasteiger partial charge in [-0.15, -0.1) is 0 Å². The van der Waals surface area contributed by atoms with Gasteiger partial charge in [0.15, 0.2) is 0 Å². The van der Waals surface area contributed by atoms with E-state index in [1.54, 1.807) is 4.68 Å². The Morgan fingerprint density at radius 2 is 1.87 bits per heavy atom. The third kappa shape index (κ3) is 2.74. The molecule has 3 heteroatoms. The van der Waals surface area contributed by atoms with Crippen molar-refractivity contribution in [2.24, 2.45) is 0 Å². The SMILES string of the molecule is CCCCc1[nH]n(CC)c(=O)c1CCC. The highest BCUT2D eigenvalue weighted by Crippen LogP contribution is 2.08. The van der Waals surface area contributed by atoms with Crippen molar-refractivity contribution >= 4 is 0 Å². The maximum absolute atomic E-state index is 11.9. The molecule has 0 atom stereocenters. The molecule has 1 N–H and O–H groups in total. The van der Waals surface area contributed by atoms with Gasteiger partial charge in [0.1, 0.15) is 0 Å². The van der Waals surface area contributed by atoms with Gasteiger partial charge >= 0.3 is 0 Å². The van der Waals surface area contributed by atoms with Crippen LogP contribution in [0.4, 0.5) is 0 Å². The number of hydrogen-bond donors (Lipinski definition) is 1. The van der Waals surface area contributed by atoms with Crippen molar-refractivity contribution in [2.75, 3.05) is 0 Å². The molecule has 15 heavy (non-hydrogen) atoms. The zero-order chi connectivity index (χ0) is 11.3. The first kappa shape index (κ1) is 12.1. The van der Waals surface area contributed by atoms with E-state index in [-0.39, 0.29) is 5.56 Å². The van der Waals surface area contributed by atoms with Crippen LogP contribution in [0.25, 0.3) is 0 Å². The molecule has 3 nitrogen and oxygen atoms in total. The maximum Gasteiger partial charge on any atom is 0.269 e. The van der Waals surface area contributed by atoms with E-state index < -0.39 is 0 Å². The summed E-state index contributed by atoms with van der Waals surface area (Å²) in [6.45, 7) is 7.03. The zero-order valence-corrected chi connectivity index (χ0v) is 10.1. The minimum Gasteiger partial charge on any atom is -0.299 e. The second-order valence-corrected chi connectivity index (χ2v) is 3.97. The van der Waals surface area contributed by atoms with Gasteiger partial charge in [0, 0.05) is 17.8 Å². The first-order valence-electron chi connectivity index (χ1n) is 6.05. The van der Waals surface area contributed by atoms with E-state index in [1.807, 2.05) is 6.92 Å². The van der Waals surface area contributed by atoms with E-state index >= 15 is 0 Å². The van der Waals surface area contributed by atoms with Crippen LogP contribution in [0.15, 0.2) is 4.79 Å². The van der Waals surface area contributed by atoms with Gasteiger partial charge in [-0.05, 0) is 26.2 Å². The summed E-state index contributed by atoms with van der Waals surface area (Å²) in [6.07, 6.45) is 5.27. The number of aromatic nitrogens is 2. The van der Waals surface area contributed by atoms with E-state index in [9.17, 15) is 4.79 Å². The van der Waals surface area contributed by atoms with Gasteiger partial charge in [0.25, 0.3) is 5.56 Å². The van der Waals surface area contributed by atoms with Crippen molar-refractivity contribution < 1.29 is 0 Å². The van der Waals surface area contributed by atoms with Gasteiger partial charge in [-0.1, -0.05) is 26.7 Å². The molecule has 0 aromatic carbocycles. The fourth-order valence-corrected chi connectivity index (χ4v) is 1.86. The molecular weight excluding hydrogens is 188 g/mol. The topological polar surface area (TPSA) is 37.8 Å². The molecule has 0 amide bonds. The van der Waals surface area contributed by atoms with Crippen LogP contribution in [0.5, 0.6) is 0 Å². The number of rotatable bonds is 6. The Morgan fingerprint density at radius 1 is 1.13 bits per heavy atom. The smallest absolute Gasteiger partial charge is 0.269 e. The van der Waals surface area contributed by atoms with Crippen LogP contribution >= 0.6 is 0 Å². The Morgan fingerprint density at radius 3 is 2.40 bits per heavy atom. The largest absolute Gasteiger partial charge is 0.299 e. The number of aromatic amines is 1. The summed E-state index contributed by atoms with van der Waals surface area (Å²) in [4.78, 5) is 11.9. The molecule has 0 aliphatic rings. The molecule has 0 radical (unpaired) electrons. The van der Waals surface area contributed by atoms with Crippen LogP contribution in [0.1, 0.15) is 51.3 Å². The summed E-state index contributed by atoms with van der Waals surface area (Å²) in [5.74, 6) is 0. The summed E-state index contributed by atoms with van der Waals surface area (Å²) in [5, 5.41) is 3.22. The number of nitrogens with zero attached hydrogens (tertiary/aromatic N) is 1. The first-order valence-corrected chi connectivity index (χ1v) is 6.05. The molecule has 0 aliphatic carbocycles. The lowest BCUT2D eigenvalue weighted by molar-refractivity contribution is 0.621. The predicted molar refractivity (Wildman–Crippen MR) is 63.3 cm³/mol. The molecular formula is C12H22N2O. The average Bonchev–Trinajstić information content (AvgIpc) is 2.54. The fourth-order valence-electron chi connectivity index (χ4n) is 1.86. The van der Waals surface area contributed by atoms with Gasteiger partial charge < -0.3 is 0 Å². The summed E-state index contributed by atoms with van der Waals surface area (Å²) < 4.78 is 1.72. The highest BCUT2D eigenvalue weighted by molar-refractivity contribution is 5.17. The number of nitrogens with one attached hydrogen (secondary N) is 1. The number of aryl methyl sites for hydroxylation is 2. The van der Waals surface area contributed by atoms with Crippen LogP contribution in [-0.4, -0.2) is 9.78 Å². The van der Waals surface area contributed by atoms with E-state index in [4.69, 9.17) is 0 Å². The molecule has 1 rings (SSSR count). The Balaban J connectivity index is 2.96. The highest BCUT2D eigenvalue weighted by atomic mass is 16.1.